The minimum Gasteiger partial charge on any atom is -0.257 e. The maximum atomic E-state index is 6.19. The van der Waals surface area contributed by atoms with Crippen molar-refractivity contribution in [1.29, 1.82) is 0 Å². The van der Waals surface area contributed by atoms with Crippen molar-refractivity contribution >= 4 is 36.6 Å². The molecule has 0 aliphatic carbocycles. The molecule has 1 rings (SSSR count). The summed E-state index contributed by atoms with van der Waals surface area (Å²) in [6, 6.07) is 0. The van der Waals surface area contributed by atoms with Gasteiger partial charge in [-0.2, -0.15) is 8.88 Å². The van der Waals surface area contributed by atoms with Crippen LogP contribution in [0.3, 0.4) is 0 Å². The van der Waals surface area contributed by atoms with Crippen LogP contribution in [0.1, 0.15) is 41.5 Å². The first-order valence-corrected chi connectivity index (χ1v) is 12.1. The van der Waals surface area contributed by atoms with Crippen molar-refractivity contribution in [1.82, 2.24) is 18.2 Å². The molecule has 1 heterocycles. The highest BCUT2D eigenvalue weighted by molar-refractivity contribution is 8.28. The van der Waals surface area contributed by atoms with Gasteiger partial charge in [0.15, 0.2) is 13.0 Å². The van der Waals surface area contributed by atoms with Gasteiger partial charge in [-0.25, -0.2) is 0 Å². The van der Waals surface area contributed by atoms with Gasteiger partial charge in [-0.1, -0.05) is 0 Å². The van der Waals surface area contributed by atoms with Gasteiger partial charge in [0.25, 0.3) is 0 Å². The SMILES string of the molecule is CN(C)P1(=S)N(C(C)(C)C)P(=S)(N(C)C)N1C(C)(C)C. The highest BCUT2D eigenvalue weighted by atomic mass is 32.5. The van der Waals surface area contributed by atoms with Gasteiger partial charge in [0.2, 0.25) is 0 Å². The van der Waals surface area contributed by atoms with Crippen LogP contribution < -0.4 is 0 Å². The summed E-state index contributed by atoms with van der Waals surface area (Å²) in [6.45, 7) is 9.41. The molecule has 1 aliphatic heterocycles. The van der Waals surface area contributed by atoms with Crippen LogP contribution in [0.4, 0.5) is 0 Å². The van der Waals surface area contributed by atoms with Crippen LogP contribution in [0.5, 0.6) is 0 Å². The van der Waals surface area contributed by atoms with Crippen LogP contribution in [0.25, 0.3) is 0 Å². The summed E-state index contributed by atoms with van der Waals surface area (Å²) >= 11 is 12.4. The third-order valence-corrected chi connectivity index (χ3v) is 18.1. The second kappa shape index (κ2) is 5.35. The van der Waals surface area contributed by atoms with Crippen LogP contribution in [-0.4, -0.2) is 57.5 Å². The summed E-state index contributed by atoms with van der Waals surface area (Å²) in [5.74, 6) is 0. The first-order chi connectivity index (χ1) is 8.62. The van der Waals surface area contributed by atoms with Gasteiger partial charge in [0.1, 0.15) is 0 Å². The van der Waals surface area contributed by atoms with Crippen molar-refractivity contribution in [2.24, 2.45) is 0 Å². The van der Waals surface area contributed by atoms with Crippen molar-refractivity contribution in [3.63, 3.8) is 0 Å². The van der Waals surface area contributed by atoms with Crippen LogP contribution in [0.15, 0.2) is 0 Å². The maximum Gasteiger partial charge on any atom is 0.158 e. The molecule has 120 valence electrons. The van der Waals surface area contributed by atoms with Gasteiger partial charge in [-0.15, -0.1) is 0 Å². The molecule has 0 saturated carbocycles. The Balaban J connectivity index is 3.59. The molecule has 4 nitrogen and oxygen atoms in total. The molecule has 0 aromatic rings. The summed E-state index contributed by atoms with van der Waals surface area (Å²) in [6.07, 6.45) is 0. The smallest absolute Gasteiger partial charge is 0.158 e. The van der Waals surface area contributed by atoms with E-state index in [-0.39, 0.29) is 11.1 Å². The van der Waals surface area contributed by atoms with E-state index in [1.54, 1.807) is 0 Å². The largest absolute Gasteiger partial charge is 0.257 e. The predicted molar refractivity (Wildman–Crippen MR) is 99.1 cm³/mol. The summed E-state index contributed by atoms with van der Waals surface area (Å²) in [7, 11) is 8.36. The van der Waals surface area contributed by atoms with Gasteiger partial charge in [0, 0.05) is 11.1 Å². The van der Waals surface area contributed by atoms with Crippen LogP contribution >= 0.6 is 13.0 Å². The van der Waals surface area contributed by atoms with Gasteiger partial charge in [-0.3, -0.25) is 9.34 Å². The van der Waals surface area contributed by atoms with E-state index < -0.39 is 13.0 Å². The van der Waals surface area contributed by atoms with E-state index in [2.05, 4.69) is 88.0 Å². The zero-order valence-corrected chi connectivity index (χ0v) is 17.9. The lowest BCUT2D eigenvalue weighted by Gasteiger charge is -2.71. The first kappa shape index (κ1) is 19.2. The van der Waals surface area contributed by atoms with Crippen molar-refractivity contribution in [2.75, 3.05) is 28.2 Å². The molecule has 0 unspecified atom stereocenters. The van der Waals surface area contributed by atoms with Crippen molar-refractivity contribution in [3.05, 3.63) is 0 Å². The molecule has 0 aromatic carbocycles. The average Bonchev–Trinajstić information content (AvgIpc) is 2.10. The molecule has 1 aliphatic rings. The Bertz CT molecular complexity index is 417. The molecule has 0 aromatic heterocycles. The Morgan fingerprint density at radius 2 is 0.850 bits per heavy atom. The van der Waals surface area contributed by atoms with Crippen LogP contribution in [0, 0.1) is 0 Å². The third kappa shape index (κ3) is 2.61. The van der Waals surface area contributed by atoms with Crippen LogP contribution in [-0.2, 0) is 23.6 Å². The maximum absolute atomic E-state index is 6.19. The van der Waals surface area contributed by atoms with Crippen molar-refractivity contribution < 1.29 is 0 Å². The van der Waals surface area contributed by atoms with E-state index in [0.717, 1.165) is 0 Å². The molecule has 0 N–H and O–H groups in total. The first-order valence-electron chi connectivity index (χ1n) is 6.80. The van der Waals surface area contributed by atoms with E-state index in [1.807, 2.05) is 0 Å². The third-order valence-electron chi connectivity index (χ3n) is 3.23. The predicted octanol–water partition coefficient (Wildman–Crippen LogP) is 3.77. The summed E-state index contributed by atoms with van der Waals surface area (Å²) in [4.78, 5) is 0. The molecule has 0 spiro atoms. The lowest BCUT2D eigenvalue weighted by atomic mass is 10.1. The quantitative estimate of drug-likeness (QED) is 0.694. The summed E-state index contributed by atoms with van der Waals surface area (Å²) in [5, 5.41) is 0. The van der Waals surface area contributed by atoms with E-state index in [4.69, 9.17) is 23.6 Å². The molecule has 0 bridgehead atoms. The molecule has 8 heteroatoms. The fourth-order valence-electron chi connectivity index (χ4n) is 2.67. The minimum absolute atomic E-state index is 0.0264. The standard InChI is InChI=1S/C12H30N4P2S2/c1-11(2,3)15-17(19,13(7)8)16(12(4,5)6)18(15,20)14(9)10/h1-10H3. The number of hydrogen-bond acceptors (Lipinski definition) is 2. The molecule has 0 radical (unpaired) electrons. The molecule has 0 amide bonds. The minimum atomic E-state index is -1.97. The molecular formula is C12H30N4P2S2. The zero-order valence-electron chi connectivity index (χ0n) is 14.5. The topological polar surface area (TPSA) is 13.0 Å². The average molecular weight is 356 g/mol. The Kier molecular flexibility index (Phi) is 5.13. The van der Waals surface area contributed by atoms with E-state index >= 15 is 0 Å². The normalized spacial score (nSPS) is 33.8. The summed E-state index contributed by atoms with van der Waals surface area (Å²) < 4.78 is 9.35. The number of rotatable bonds is 2. The lowest BCUT2D eigenvalue weighted by Crippen LogP contribution is -2.61. The Morgan fingerprint density at radius 1 is 0.650 bits per heavy atom. The fourth-order valence-corrected chi connectivity index (χ4v) is 19.7. The summed E-state index contributed by atoms with van der Waals surface area (Å²) in [5.41, 5.74) is -0.0529. The highest BCUT2D eigenvalue weighted by Gasteiger charge is 2.66. The fraction of sp³-hybridized carbons (Fsp3) is 1.00. The lowest BCUT2D eigenvalue weighted by molar-refractivity contribution is 0.240. The highest BCUT2D eigenvalue weighted by Crippen LogP contribution is 2.90. The second-order valence-corrected chi connectivity index (χ2v) is 16.5. The van der Waals surface area contributed by atoms with Gasteiger partial charge < -0.3 is 0 Å². The van der Waals surface area contributed by atoms with Crippen molar-refractivity contribution in [2.45, 2.75) is 52.6 Å². The molecule has 20 heavy (non-hydrogen) atoms. The van der Waals surface area contributed by atoms with E-state index in [1.165, 1.54) is 0 Å². The van der Waals surface area contributed by atoms with Gasteiger partial charge >= 0.3 is 0 Å². The monoisotopic (exact) mass is 356 g/mol. The van der Waals surface area contributed by atoms with E-state index in [9.17, 15) is 0 Å². The zero-order chi connectivity index (χ0) is 16.3. The van der Waals surface area contributed by atoms with Gasteiger partial charge in [-0.05, 0) is 93.3 Å². The second-order valence-electron chi connectivity index (χ2n) is 7.64. The molecular weight excluding hydrogens is 326 g/mol. The Hall–Kier alpha value is 1.14. The molecule has 1 fully saturated rings. The molecule has 1 saturated heterocycles. The Morgan fingerprint density at radius 3 is 0.950 bits per heavy atom. The molecule has 0 atom stereocenters. The Labute approximate surface area is 135 Å². The van der Waals surface area contributed by atoms with Crippen LogP contribution in [0.2, 0.25) is 0 Å². The number of nitrogens with zero attached hydrogens (tertiary/aromatic N) is 4. The number of hydrogen-bond donors (Lipinski definition) is 0. The van der Waals surface area contributed by atoms with Crippen molar-refractivity contribution in [3.8, 4) is 0 Å². The van der Waals surface area contributed by atoms with E-state index in [0.29, 0.717) is 0 Å². The van der Waals surface area contributed by atoms with Gasteiger partial charge in [0.05, 0.1) is 0 Å².